The highest BCUT2D eigenvalue weighted by molar-refractivity contribution is 5.88. The standard InChI is InChI=1S/C24H28FN3O6/c1-16(24(30)26-18-8-4-5-9-18)27(14-17-7-3-6-10-20(17)25)23(29)15-34-19-11-12-21(28(31)32)22(13-19)33-2/h3,6-7,10-13,16,18H,4-5,8-9,14-15H2,1-2H3,(H,26,30)/t16-/m1/s1. The van der Waals surface area contributed by atoms with Crippen LogP contribution in [0.5, 0.6) is 11.5 Å². The average Bonchev–Trinajstić information content (AvgIpc) is 3.34. The monoisotopic (exact) mass is 473 g/mol. The maximum absolute atomic E-state index is 14.3. The van der Waals surface area contributed by atoms with E-state index in [0.717, 1.165) is 25.7 Å². The van der Waals surface area contributed by atoms with Crippen LogP contribution in [-0.4, -0.2) is 47.4 Å². The SMILES string of the molecule is COc1cc(OCC(=O)N(Cc2ccccc2F)[C@H](C)C(=O)NC2CCCC2)ccc1[N+](=O)[O-]. The van der Waals surface area contributed by atoms with Gasteiger partial charge in [-0.1, -0.05) is 31.0 Å². The van der Waals surface area contributed by atoms with Gasteiger partial charge in [0.15, 0.2) is 6.61 Å². The lowest BCUT2D eigenvalue weighted by Gasteiger charge is -2.29. The molecule has 1 aliphatic rings. The van der Waals surface area contributed by atoms with E-state index >= 15 is 0 Å². The number of amides is 2. The maximum Gasteiger partial charge on any atom is 0.311 e. The van der Waals surface area contributed by atoms with Gasteiger partial charge in [-0.25, -0.2) is 4.39 Å². The van der Waals surface area contributed by atoms with Crippen molar-refractivity contribution in [2.24, 2.45) is 0 Å². The van der Waals surface area contributed by atoms with Crippen LogP contribution in [0.15, 0.2) is 42.5 Å². The number of hydrogen-bond donors (Lipinski definition) is 1. The van der Waals surface area contributed by atoms with E-state index in [4.69, 9.17) is 9.47 Å². The molecule has 0 saturated heterocycles. The number of methoxy groups -OCH3 is 1. The topological polar surface area (TPSA) is 111 Å². The van der Waals surface area contributed by atoms with E-state index in [1.54, 1.807) is 25.1 Å². The molecule has 0 unspecified atom stereocenters. The van der Waals surface area contributed by atoms with Crippen LogP contribution < -0.4 is 14.8 Å². The molecular weight excluding hydrogens is 445 g/mol. The molecule has 0 radical (unpaired) electrons. The van der Waals surface area contributed by atoms with Crippen molar-refractivity contribution in [3.8, 4) is 11.5 Å². The number of nitrogens with one attached hydrogen (secondary N) is 1. The fourth-order valence-corrected chi connectivity index (χ4v) is 3.91. The van der Waals surface area contributed by atoms with Crippen molar-refractivity contribution in [3.05, 3.63) is 64.0 Å². The minimum atomic E-state index is -0.859. The van der Waals surface area contributed by atoms with E-state index in [-0.39, 0.29) is 41.2 Å². The molecule has 1 N–H and O–H groups in total. The van der Waals surface area contributed by atoms with Crippen LogP contribution in [0.1, 0.15) is 38.2 Å². The molecule has 2 aromatic rings. The summed E-state index contributed by atoms with van der Waals surface area (Å²) in [6.07, 6.45) is 3.88. The van der Waals surface area contributed by atoms with Crippen LogP contribution >= 0.6 is 0 Å². The molecule has 1 saturated carbocycles. The molecule has 0 aliphatic heterocycles. The molecule has 0 heterocycles. The van der Waals surface area contributed by atoms with Gasteiger partial charge in [0.1, 0.15) is 17.6 Å². The second-order valence-electron chi connectivity index (χ2n) is 8.16. The molecule has 1 fully saturated rings. The van der Waals surface area contributed by atoms with E-state index in [1.165, 1.54) is 36.3 Å². The number of ether oxygens (including phenoxy) is 2. The molecule has 10 heteroatoms. The molecule has 1 aliphatic carbocycles. The maximum atomic E-state index is 14.3. The Morgan fingerprint density at radius 2 is 1.94 bits per heavy atom. The first-order valence-corrected chi connectivity index (χ1v) is 11.1. The van der Waals surface area contributed by atoms with E-state index in [9.17, 15) is 24.1 Å². The smallest absolute Gasteiger partial charge is 0.311 e. The quantitative estimate of drug-likeness (QED) is 0.417. The predicted molar refractivity (Wildman–Crippen MR) is 122 cm³/mol. The van der Waals surface area contributed by atoms with Crippen molar-refractivity contribution >= 4 is 17.5 Å². The molecule has 9 nitrogen and oxygen atoms in total. The molecular formula is C24H28FN3O6. The summed E-state index contributed by atoms with van der Waals surface area (Å²) in [7, 11) is 1.29. The lowest BCUT2D eigenvalue weighted by atomic mass is 10.1. The highest BCUT2D eigenvalue weighted by atomic mass is 19.1. The Hall–Kier alpha value is -3.69. The first-order valence-electron chi connectivity index (χ1n) is 11.1. The van der Waals surface area contributed by atoms with Crippen molar-refractivity contribution in [1.29, 1.82) is 0 Å². The number of nitro groups is 1. The summed E-state index contributed by atoms with van der Waals surface area (Å²) in [5, 5.41) is 14.0. The van der Waals surface area contributed by atoms with Crippen LogP contribution in [0.3, 0.4) is 0 Å². The Morgan fingerprint density at radius 1 is 1.24 bits per heavy atom. The average molecular weight is 474 g/mol. The molecule has 0 spiro atoms. The lowest BCUT2D eigenvalue weighted by Crippen LogP contribution is -2.50. The Kier molecular flexibility index (Phi) is 8.39. The third-order valence-corrected chi connectivity index (χ3v) is 5.88. The van der Waals surface area contributed by atoms with Gasteiger partial charge < -0.3 is 19.7 Å². The van der Waals surface area contributed by atoms with Crippen molar-refractivity contribution in [3.63, 3.8) is 0 Å². The summed E-state index contributed by atoms with van der Waals surface area (Å²) in [6, 6.07) is 9.14. The van der Waals surface area contributed by atoms with E-state index in [0.29, 0.717) is 0 Å². The zero-order valence-corrected chi connectivity index (χ0v) is 19.2. The fraction of sp³-hybridized carbons (Fsp3) is 0.417. The molecule has 3 rings (SSSR count). The third-order valence-electron chi connectivity index (χ3n) is 5.88. The first kappa shape index (κ1) is 24.9. The Bertz CT molecular complexity index is 1040. The lowest BCUT2D eigenvalue weighted by molar-refractivity contribution is -0.385. The van der Waals surface area contributed by atoms with Crippen molar-refractivity contribution < 1.29 is 28.4 Å². The van der Waals surface area contributed by atoms with Gasteiger partial charge in [0.2, 0.25) is 11.7 Å². The second-order valence-corrected chi connectivity index (χ2v) is 8.16. The number of carbonyl (C=O) groups is 2. The summed E-state index contributed by atoms with van der Waals surface area (Å²) < 4.78 is 24.9. The van der Waals surface area contributed by atoms with Crippen molar-refractivity contribution in [1.82, 2.24) is 10.2 Å². The van der Waals surface area contributed by atoms with Crippen molar-refractivity contribution in [2.75, 3.05) is 13.7 Å². The van der Waals surface area contributed by atoms with E-state index < -0.39 is 29.3 Å². The van der Waals surface area contributed by atoms with E-state index in [1.807, 2.05) is 0 Å². The first-order chi connectivity index (χ1) is 16.3. The summed E-state index contributed by atoms with van der Waals surface area (Å²) in [5.74, 6) is -1.15. The van der Waals surface area contributed by atoms with Crippen LogP contribution in [0.25, 0.3) is 0 Å². The fourth-order valence-electron chi connectivity index (χ4n) is 3.91. The van der Waals surface area contributed by atoms with E-state index in [2.05, 4.69) is 5.32 Å². The van der Waals surface area contributed by atoms with Crippen LogP contribution in [-0.2, 0) is 16.1 Å². The van der Waals surface area contributed by atoms with Crippen LogP contribution in [0.4, 0.5) is 10.1 Å². The molecule has 2 amide bonds. The normalized spacial score (nSPS) is 14.3. The molecule has 182 valence electrons. The molecule has 1 atom stereocenters. The van der Waals surface area contributed by atoms with Gasteiger partial charge in [-0.2, -0.15) is 0 Å². The van der Waals surface area contributed by atoms with Crippen molar-refractivity contribution in [2.45, 2.75) is 51.2 Å². The van der Waals surface area contributed by atoms with Crippen LogP contribution in [0.2, 0.25) is 0 Å². The second kappa shape index (κ2) is 11.4. The number of rotatable bonds is 10. The Labute approximate surface area is 197 Å². The molecule has 34 heavy (non-hydrogen) atoms. The summed E-state index contributed by atoms with van der Waals surface area (Å²) in [6.45, 7) is 1.03. The third kappa shape index (κ3) is 6.21. The number of hydrogen-bond acceptors (Lipinski definition) is 6. The molecule has 0 bridgehead atoms. The summed E-state index contributed by atoms with van der Waals surface area (Å²) in [4.78, 5) is 37.7. The zero-order chi connectivity index (χ0) is 24.7. The van der Waals surface area contributed by atoms with Gasteiger partial charge in [-0.05, 0) is 31.9 Å². The van der Waals surface area contributed by atoms with Gasteiger partial charge in [-0.15, -0.1) is 0 Å². The number of nitro benzene ring substituents is 1. The molecule has 2 aromatic carbocycles. The number of nitrogens with zero attached hydrogens (tertiary/aromatic N) is 2. The van der Waals surface area contributed by atoms with Gasteiger partial charge in [0, 0.05) is 30.3 Å². The highest BCUT2D eigenvalue weighted by Gasteiger charge is 2.29. The van der Waals surface area contributed by atoms with Crippen LogP contribution in [0, 0.1) is 15.9 Å². The Morgan fingerprint density at radius 3 is 2.59 bits per heavy atom. The predicted octanol–water partition coefficient (Wildman–Crippen LogP) is 3.60. The minimum absolute atomic E-state index is 0.0116. The zero-order valence-electron chi connectivity index (χ0n) is 19.2. The summed E-state index contributed by atoms with van der Waals surface area (Å²) in [5.41, 5.74) is 0.0351. The Balaban J connectivity index is 1.75. The number of halogens is 1. The summed E-state index contributed by atoms with van der Waals surface area (Å²) >= 11 is 0. The minimum Gasteiger partial charge on any atom is -0.490 e. The number of benzene rings is 2. The number of carbonyl (C=O) groups excluding carboxylic acids is 2. The van der Waals surface area contributed by atoms with Gasteiger partial charge in [0.25, 0.3) is 5.91 Å². The highest BCUT2D eigenvalue weighted by Crippen LogP contribution is 2.30. The molecule has 0 aromatic heterocycles. The van der Waals surface area contributed by atoms with Gasteiger partial charge >= 0.3 is 5.69 Å². The van der Waals surface area contributed by atoms with Gasteiger partial charge in [-0.3, -0.25) is 19.7 Å². The van der Waals surface area contributed by atoms with Gasteiger partial charge in [0.05, 0.1) is 12.0 Å². The largest absolute Gasteiger partial charge is 0.490 e.